The predicted molar refractivity (Wildman–Crippen MR) is 114 cm³/mol. The molecule has 1 aliphatic heterocycles. The Morgan fingerprint density at radius 3 is 2.58 bits per heavy atom. The van der Waals surface area contributed by atoms with E-state index in [9.17, 15) is 14.7 Å². The molecule has 0 bridgehead atoms. The van der Waals surface area contributed by atoms with Crippen LogP contribution in [0.5, 0.6) is 5.75 Å². The Kier molecular flexibility index (Phi) is 5.68. The molecule has 1 saturated heterocycles. The van der Waals surface area contributed by atoms with Crippen molar-refractivity contribution in [3.8, 4) is 5.75 Å². The minimum absolute atomic E-state index is 0.0397. The molecule has 1 unspecified atom stereocenters. The van der Waals surface area contributed by atoms with E-state index in [0.29, 0.717) is 22.0 Å². The fourth-order valence-electron chi connectivity index (χ4n) is 3.54. The molecule has 1 N–H and O–H groups in total. The SMILES string of the molecule is COc1cc(/C(O)=C2/C(=O)C(=O)N(Cc3ccncc3)C2c2ccccn2)ccc1Cl. The summed E-state index contributed by atoms with van der Waals surface area (Å²) < 4.78 is 5.21. The van der Waals surface area contributed by atoms with Gasteiger partial charge < -0.3 is 14.7 Å². The van der Waals surface area contributed by atoms with E-state index in [4.69, 9.17) is 16.3 Å². The molecule has 1 amide bonds. The van der Waals surface area contributed by atoms with Crippen molar-refractivity contribution in [1.82, 2.24) is 14.9 Å². The van der Waals surface area contributed by atoms with Crippen LogP contribution in [-0.4, -0.2) is 38.8 Å². The van der Waals surface area contributed by atoms with Crippen molar-refractivity contribution in [2.45, 2.75) is 12.6 Å². The number of hydrogen-bond donors (Lipinski definition) is 1. The number of rotatable bonds is 5. The van der Waals surface area contributed by atoms with Crippen LogP contribution in [0.2, 0.25) is 5.02 Å². The molecule has 1 aliphatic rings. The van der Waals surface area contributed by atoms with Gasteiger partial charge in [0, 0.05) is 30.7 Å². The number of Topliss-reactive ketones (excluding diaryl/α,β-unsaturated/α-hetero) is 1. The minimum atomic E-state index is -0.851. The number of nitrogens with zero attached hydrogens (tertiary/aromatic N) is 3. The van der Waals surface area contributed by atoms with Gasteiger partial charge in [0.2, 0.25) is 0 Å². The van der Waals surface area contributed by atoms with Crippen LogP contribution < -0.4 is 4.74 Å². The number of pyridine rings is 2. The number of likely N-dealkylation sites (tertiary alicyclic amines) is 1. The van der Waals surface area contributed by atoms with Crippen molar-refractivity contribution in [3.05, 3.63) is 94.5 Å². The number of hydrogen-bond acceptors (Lipinski definition) is 6. The lowest BCUT2D eigenvalue weighted by Crippen LogP contribution is -2.29. The Morgan fingerprint density at radius 1 is 1.13 bits per heavy atom. The lowest BCUT2D eigenvalue weighted by molar-refractivity contribution is -0.140. The van der Waals surface area contributed by atoms with Gasteiger partial charge in [0.1, 0.15) is 17.6 Å². The molecule has 0 saturated carbocycles. The van der Waals surface area contributed by atoms with Crippen molar-refractivity contribution in [3.63, 3.8) is 0 Å². The Morgan fingerprint density at radius 2 is 1.90 bits per heavy atom. The summed E-state index contributed by atoms with van der Waals surface area (Å²) in [5.41, 5.74) is 1.54. The van der Waals surface area contributed by atoms with Crippen LogP contribution in [0, 0.1) is 0 Å². The van der Waals surface area contributed by atoms with E-state index in [1.54, 1.807) is 61.1 Å². The number of carbonyl (C=O) groups excluding carboxylic acids is 2. The van der Waals surface area contributed by atoms with Crippen LogP contribution >= 0.6 is 11.6 Å². The van der Waals surface area contributed by atoms with Crippen molar-refractivity contribution in [2.24, 2.45) is 0 Å². The summed E-state index contributed by atoms with van der Waals surface area (Å²) >= 11 is 6.08. The molecule has 3 heterocycles. The number of aliphatic hydroxyl groups excluding tert-OH is 1. The maximum Gasteiger partial charge on any atom is 0.296 e. The molecule has 2 aromatic heterocycles. The highest BCUT2D eigenvalue weighted by Gasteiger charge is 2.46. The zero-order chi connectivity index (χ0) is 22.0. The van der Waals surface area contributed by atoms with E-state index < -0.39 is 17.7 Å². The average molecular weight is 436 g/mol. The van der Waals surface area contributed by atoms with Gasteiger partial charge in [0.25, 0.3) is 11.7 Å². The second-order valence-corrected chi connectivity index (χ2v) is 7.29. The molecule has 156 valence electrons. The summed E-state index contributed by atoms with van der Waals surface area (Å²) in [6, 6.07) is 12.5. The molecule has 4 rings (SSSR count). The maximum absolute atomic E-state index is 13.0. The van der Waals surface area contributed by atoms with Crippen LogP contribution in [0.15, 0.2) is 72.7 Å². The smallest absolute Gasteiger partial charge is 0.296 e. The van der Waals surface area contributed by atoms with Crippen molar-refractivity contribution in [1.29, 1.82) is 0 Å². The van der Waals surface area contributed by atoms with Crippen LogP contribution in [0.25, 0.3) is 5.76 Å². The van der Waals surface area contributed by atoms with Crippen molar-refractivity contribution < 1.29 is 19.4 Å². The van der Waals surface area contributed by atoms with Gasteiger partial charge in [0.05, 0.1) is 23.4 Å². The van der Waals surface area contributed by atoms with Crippen LogP contribution in [-0.2, 0) is 16.1 Å². The highest BCUT2D eigenvalue weighted by Crippen LogP contribution is 2.40. The Hall–Kier alpha value is -3.71. The molecule has 0 spiro atoms. The summed E-state index contributed by atoms with van der Waals surface area (Å²) in [7, 11) is 1.45. The number of aromatic nitrogens is 2. The van der Waals surface area contributed by atoms with E-state index in [1.165, 1.54) is 18.1 Å². The normalized spacial score (nSPS) is 17.7. The Labute approximate surface area is 183 Å². The van der Waals surface area contributed by atoms with Gasteiger partial charge in [-0.15, -0.1) is 0 Å². The third-order valence-corrected chi connectivity index (χ3v) is 5.35. The average Bonchev–Trinajstić information content (AvgIpc) is 3.05. The van der Waals surface area contributed by atoms with E-state index in [1.807, 2.05) is 0 Å². The number of carbonyl (C=O) groups is 2. The molecule has 31 heavy (non-hydrogen) atoms. The monoisotopic (exact) mass is 435 g/mol. The largest absolute Gasteiger partial charge is 0.507 e. The molecule has 1 fully saturated rings. The fraction of sp³-hybridized carbons (Fsp3) is 0.130. The Balaban J connectivity index is 1.86. The van der Waals surface area contributed by atoms with Gasteiger partial charge in [0.15, 0.2) is 0 Å². The molecule has 1 aromatic carbocycles. The highest BCUT2D eigenvalue weighted by molar-refractivity contribution is 6.46. The number of ketones is 1. The fourth-order valence-corrected chi connectivity index (χ4v) is 3.73. The third-order valence-electron chi connectivity index (χ3n) is 5.03. The van der Waals surface area contributed by atoms with Crippen LogP contribution in [0.1, 0.15) is 22.9 Å². The van der Waals surface area contributed by atoms with E-state index in [0.717, 1.165) is 5.56 Å². The first-order chi connectivity index (χ1) is 15.0. The summed E-state index contributed by atoms with van der Waals surface area (Å²) in [6.07, 6.45) is 4.80. The highest BCUT2D eigenvalue weighted by atomic mass is 35.5. The molecule has 0 radical (unpaired) electrons. The van der Waals surface area contributed by atoms with Gasteiger partial charge in [-0.05, 0) is 48.0 Å². The molecular formula is C23H18ClN3O4. The van der Waals surface area contributed by atoms with Crippen LogP contribution in [0.3, 0.4) is 0 Å². The lowest BCUT2D eigenvalue weighted by Gasteiger charge is -2.24. The summed E-state index contributed by atoms with van der Waals surface area (Å²) in [5, 5.41) is 11.4. The van der Waals surface area contributed by atoms with E-state index in [2.05, 4.69) is 9.97 Å². The number of aliphatic hydroxyl groups is 1. The van der Waals surface area contributed by atoms with E-state index >= 15 is 0 Å². The summed E-state index contributed by atoms with van der Waals surface area (Å²) in [6.45, 7) is 0.162. The van der Waals surface area contributed by atoms with Gasteiger partial charge in [-0.25, -0.2) is 0 Å². The number of amides is 1. The molecule has 7 nitrogen and oxygen atoms in total. The standard InChI is InChI=1S/C23H18ClN3O4/c1-31-18-12-15(5-6-16(18)24)21(28)19-20(17-4-2-3-9-26-17)27(23(30)22(19)29)13-14-7-10-25-11-8-14/h2-12,20,28H,13H2,1H3/b21-19-. The van der Waals surface area contributed by atoms with Crippen molar-refractivity contribution in [2.75, 3.05) is 7.11 Å². The molecular weight excluding hydrogens is 418 g/mol. The molecule has 3 aromatic rings. The summed E-state index contributed by atoms with van der Waals surface area (Å²) in [5.74, 6) is -1.47. The second kappa shape index (κ2) is 8.57. The van der Waals surface area contributed by atoms with Gasteiger partial charge in [-0.1, -0.05) is 17.7 Å². The summed E-state index contributed by atoms with van der Waals surface area (Å²) in [4.78, 5) is 35.7. The lowest BCUT2D eigenvalue weighted by atomic mass is 9.98. The topological polar surface area (TPSA) is 92.6 Å². The first-order valence-electron chi connectivity index (χ1n) is 9.43. The van der Waals surface area contributed by atoms with Gasteiger partial charge in [-0.3, -0.25) is 19.6 Å². The van der Waals surface area contributed by atoms with Crippen LogP contribution in [0.4, 0.5) is 0 Å². The number of methoxy groups -OCH3 is 1. The van der Waals surface area contributed by atoms with Gasteiger partial charge >= 0.3 is 0 Å². The van der Waals surface area contributed by atoms with Gasteiger partial charge in [-0.2, -0.15) is 0 Å². The number of benzene rings is 1. The first-order valence-corrected chi connectivity index (χ1v) is 9.81. The number of ether oxygens (including phenoxy) is 1. The maximum atomic E-state index is 13.0. The second-order valence-electron chi connectivity index (χ2n) is 6.89. The minimum Gasteiger partial charge on any atom is -0.507 e. The van der Waals surface area contributed by atoms with E-state index in [-0.39, 0.29) is 17.9 Å². The quantitative estimate of drug-likeness (QED) is 0.372. The number of halogens is 1. The zero-order valence-corrected chi connectivity index (χ0v) is 17.3. The predicted octanol–water partition coefficient (Wildman–Crippen LogP) is 3.76. The first kappa shape index (κ1) is 20.6. The Bertz CT molecular complexity index is 1170. The molecule has 0 aliphatic carbocycles. The third kappa shape index (κ3) is 3.87. The molecule has 1 atom stereocenters. The zero-order valence-electron chi connectivity index (χ0n) is 16.5. The molecule has 8 heteroatoms. The van der Waals surface area contributed by atoms with Crippen molar-refractivity contribution >= 4 is 29.1 Å².